The minimum Gasteiger partial charge on any atom is -0.493 e. The van der Waals surface area contributed by atoms with Gasteiger partial charge in [-0.15, -0.1) is 24.0 Å². The zero-order chi connectivity index (χ0) is 20.2. The van der Waals surface area contributed by atoms with E-state index in [0.29, 0.717) is 0 Å². The predicted octanol–water partition coefficient (Wildman–Crippen LogP) is 3.87. The highest BCUT2D eigenvalue weighted by atomic mass is 127. The van der Waals surface area contributed by atoms with Gasteiger partial charge in [-0.2, -0.15) is 0 Å². The van der Waals surface area contributed by atoms with E-state index in [4.69, 9.17) is 9.47 Å². The first-order valence-corrected chi connectivity index (χ1v) is 9.59. The Morgan fingerprint density at radius 1 is 1.00 bits per heavy atom. The minimum atomic E-state index is 0. The van der Waals surface area contributed by atoms with Crippen LogP contribution in [0.15, 0.2) is 53.5 Å². The first-order valence-electron chi connectivity index (χ1n) is 9.59. The molecule has 0 atom stereocenters. The van der Waals surface area contributed by atoms with Crippen LogP contribution in [0.4, 0.5) is 5.69 Å². The molecule has 2 aromatic rings. The molecule has 0 aliphatic carbocycles. The van der Waals surface area contributed by atoms with Gasteiger partial charge in [0.25, 0.3) is 0 Å². The van der Waals surface area contributed by atoms with E-state index in [1.165, 1.54) is 5.56 Å². The van der Waals surface area contributed by atoms with E-state index in [0.717, 1.165) is 55.6 Å². The van der Waals surface area contributed by atoms with Gasteiger partial charge in [-0.3, -0.25) is 4.99 Å². The molecule has 2 rings (SSSR count). The van der Waals surface area contributed by atoms with E-state index in [9.17, 15) is 0 Å². The average molecular weight is 512 g/mol. The maximum atomic E-state index is 5.38. The first-order chi connectivity index (χ1) is 13.7. The summed E-state index contributed by atoms with van der Waals surface area (Å²) in [6, 6.07) is 16.3. The number of aliphatic imine (C=N–C) groups is 1. The standard InChI is InChI=1S/C22H32N4O2.HI/c1-23-22(25-15-8-14-24-19-9-6-5-7-10-19)26(2)16-13-18-11-12-20(27-3)21(17-18)28-4;/h5-7,9-12,17,24H,8,13-16H2,1-4H3,(H,23,25);1H. The molecular formula is C22H33IN4O2. The summed E-state index contributed by atoms with van der Waals surface area (Å²) >= 11 is 0. The first kappa shape index (κ1) is 24.9. The Kier molecular flexibility index (Phi) is 11.9. The van der Waals surface area contributed by atoms with Crippen LogP contribution >= 0.6 is 24.0 Å². The van der Waals surface area contributed by atoms with E-state index in [2.05, 4.69) is 45.8 Å². The van der Waals surface area contributed by atoms with Gasteiger partial charge in [0.05, 0.1) is 14.2 Å². The Morgan fingerprint density at radius 2 is 1.72 bits per heavy atom. The summed E-state index contributed by atoms with van der Waals surface area (Å²) in [5.74, 6) is 2.41. The Labute approximate surface area is 191 Å². The number of hydrogen-bond donors (Lipinski definition) is 2. The van der Waals surface area contributed by atoms with Gasteiger partial charge in [-0.1, -0.05) is 24.3 Å². The lowest BCUT2D eigenvalue weighted by molar-refractivity contribution is 0.354. The predicted molar refractivity (Wildman–Crippen MR) is 132 cm³/mol. The number of benzene rings is 2. The maximum absolute atomic E-state index is 5.38. The molecule has 0 radical (unpaired) electrons. The number of anilines is 1. The Bertz CT molecular complexity index is 741. The van der Waals surface area contributed by atoms with Crippen LogP contribution in [-0.2, 0) is 6.42 Å². The van der Waals surface area contributed by atoms with Crippen molar-refractivity contribution in [2.75, 3.05) is 53.3 Å². The Hall–Kier alpha value is -2.16. The number of nitrogens with zero attached hydrogens (tertiary/aromatic N) is 2. The number of rotatable bonds is 10. The van der Waals surface area contributed by atoms with Crippen molar-refractivity contribution >= 4 is 35.6 Å². The van der Waals surface area contributed by atoms with E-state index < -0.39 is 0 Å². The second-order valence-corrected chi connectivity index (χ2v) is 6.48. The quantitative estimate of drug-likeness (QED) is 0.219. The van der Waals surface area contributed by atoms with Crippen LogP contribution in [0.25, 0.3) is 0 Å². The number of hydrogen-bond acceptors (Lipinski definition) is 4. The number of methoxy groups -OCH3 is 2. The number of para-hydroxylation sites is 1. The average Bonchev–Trinajstić information content (AvgIpc) is 2.75. The largest absolute Gasteiger partial charge is 0.493 e. The zero-order valence-electron chi connectivity index (χ0n) is 17.8. The third-order valence-corrected chi connectivity index (χ3v) is 4.50. The van der Waals surface area contributed by atoms with E-state index in [1.54, 1.807) is 14.2 Å². The second kappa shape index (κ2) is 13.9. The topological polar surface area (TPSA) is 58.1 Å². The van der Waals surface area contributed by atoms with Crippen LogP contribution in [0.3, 0.4) is 0 Å². The highest BCUT2D eigenvalue weighted by molar-refractivity contribution is 14.0. The Balaban J connectivity index is 0.00000420. The fourth-order valence-electron chi connectivity index (χ4n) is 2.90. The van der Waals surface area contributed by atoms with Crippen molar-refractivity contribution in [3.63, 3.8) is 0 Å². The van der Waals surface area contributed by atoms with Crippen molar-refractivity contribution in [2.45, 2.75) is 12.8 Å². The maximum Gasteiger partial charge on any atom is 0.193 e. The molecule has 0 unspecified atom stereocenters. The van der Waals surface area contributed by atoms with Gasteiger partial charge >= 0.3 is 0 Å². The summed E-state index contributed by atoms with van der Waals surface area (Å²) < 4.78 is 10.7. The summed E-state index contributed by atoms with van der Waals surface area (Å²) in [5, 5.41) is 6.84. The highest BCUT2D eigenvalue weighted by Gasteiger charge is 2.08. The lowest BCUT2D eigenvalue weighted by Gasteiger charge is -2.22. The van der Waals surface area contributed by atoms with Gasteiger partial charge in [0.2, 0.25) is 0 Å². The SMILES string of the molecule is CN=C(NCCCNc1ccccc1)N(C)CCc1ccc(OC)c(OC)c1.I. The fourth-order valence-corrected chi connectivity index (χ4v) is 2.90. The molecule has 7 heteroatoms. The molecular weight excluding hydrogens is 479 g/mol. The normalized spacial score (nSPS) is 10.7. The van der Waals surface area contributed by atoms with Crippen molar-refractivity contribution in [3.8, 4) is 11.5 Å². The summed E-state index contributed by atoms with van der Waals surface area (Å²) in [5.41, 5.74) is 2.35. The molecule has 0 fully saturated rings. The van der Waals surface area contributed by atoms with Crippen LogP contribution < -0.4 is 20.1 Å². The van der Waals surface area contributed by atoms with Crippen molar-refractivity contribution < 1.29 is 9.47 Å². The highest BCUT2D eigenvalue weighted by Crippen LogP contribution is 2.27. The number of ether oxygens (including phenoxy) is 2. The summed E-state index contributed by atoms with van der Waals surface area (Å²) in [6.45, 7) is 2.65. The smallest absolute Gasteiger partial charge is 0.193 e. The molecule has 0 saturated carbocycles. The zero-order valence-corrected chi connectivity index (χ0v) is 20.1. The molecule has 160 valence electrons. The molecule has 29 heavy (non-hydrogen) atoms. The van der Waals surface area contributed by atoms with Crippen molar-refractivity contribution in [3.05, 3.63) is 54.1 Å². The fraction of sp³-hybridized carbons (Fsp3) is 0.409. The van der Waals surface area contributed by atoms with Gasteiger partial charge in [0.1, 0.15) is 0 Å². The lowest BCUT2D eigenvalue weighted by atomic mass is 10.1. The molecule has 0 aromatic heterocycles. The van der Waals surface area contributed by atoms with Gasteiger partial charge in [-0.05, 0) is 42.7 Å². The second-order valence-electron chi connectivity index (χ2n) is 6.48. The van der Waals surface area contributed by atoms with Crippen LogP contribution in [0.2, 0.25) is 0 Å². The molecule has 0 amide bonds. The molecule has 6 nitrogen and oxygen atoms in total. The molecule has 0 saturated heterocycles. The number of likely N-dealkylation sites (N-methyl/N-ethyl adjacent to an activating group) is 1. The monoisotopic (exact) mass is 512 g/mol. The van der Waals surface area contributed by atoms with Crippen LogP contribution in [0.5, 0.6) is 11.5 Å². The molecule has 0 aliphatic rings. The third kappa shape index (κ3) is 8.39. The number of nitrogens with one attached hydrogen (secondary N) is 2. The van der Waals surface area contributed by atoms with Gasteiger partial charge < -0.3 is 25.0 Å². The Morgan fingerprint density at radius 3 is 2.38 bits per heavy atom. The summed E-state index contributed by atoms with van der Waals surface area (Å²) in [6.07, 6.45) is 1.91. The minimum absolute atomic E-state index is 0. The van der Waals surface area contributed by atoms with Gasteiger partial charge in [0.15, 0.2) is 17.5 Å². The molecule has 0 bridgehead atoms. The molecule has 0 aliphatic heterocycles. The van der Waals surface area contributed by atoms with Crippen LogP contribution in [-0.4, -0.2) is 58.8 Å². The van der Waals surface area contributed by atoms with E-state index in [1.807, 2.05) is 37.4 Å². The summed E-state index contributed by atoms with van der Waals surface area (Å²) in [7, 11) is 7.18. The van der Waals surface area contributed by atoms with E-state index >= 15 is 0 Å². The van der Waals surface area contributed by atoms with Gasteiger partial charge in [0, 0.05) is 39.4 Å². The number of guanidine groups is 1. The molecule has 2 aromatic carbocycles. The van der Waals surface area contributed by atoms with Crippen LogP contribution in [0, 0.1) is 0 Å². The van der Waals surface area contributed by atoms with Crippen molar-refractivity contribution in [2.24, 2.45) is 4.99 Å². The lowest BCUT2D eigenvalue weighted by Crippen LogP contribution is -2.40. The molecule has 0 heterocycles. The van der Waals surface area contributed by atoms with Gasteiger partial charge in [-0.25, -0.2) is 0 Å². The number of halogens is 1. The molecule has 2 N–H and O–H groups in total. The van der Waals surface area contributed by atoms with Crippen LogP contribution in [0.1, 0.15) is 12.0 Å². The van der Waals surface area contributed by atoms with Crippen molar-refractivity contribution in [1.29, 1.82) is 0 Å². The van der Waals surface area contributed by atoms with Crippen molar-refractivity contribution in [1.82, 2.24) is 10.2 Å². The third-order valence-electron chi connectivity index (χ3n) is 4.50. The van der Waals surface area contributed by atoms with E-state index in [-0.39, 0.29) is 24.0 Å². The summed E-state index contributed by atoms with van der Waals surface area (Å²) in [4.78, 5) is 6.52. The molecule has 0 spiro atoms.